The van der Waals surface area contributed by atoms with Crippen LogP contribution in [0.3, 0.4) is 0 Å². The molecule has 0 amide bonds. The molecule has 108 valence electrons. The van der Waals surface area contributed by atoms with Gasteiger partial charge in [-0.1, -0.05) is 34.6 Å². The minimum atomic E-state index is 0.0954. The molecule has 19 heavy (non-hydrogen) atoms. The summed E-state index contributed by atoms with van der Waals surface area (Å²) in [6.45, 7) is 13.5. The van der Waals surface area contributed by atoms with Gasteiger partial charge in [-0.3, -0.25) is 0 Å². The molecule has 0 atom stereocenters. The third-order valence-electron chi connectivity index (χ3n) is 3.25. The summed E-state index contributed by atoms with van der Waals surface area (Å²) in [7, 11) is 0. The van der Waals surface area contributed by atoms with E-state index in [1.54, 1.807) is 6.33 Å². The fourth-order valence-corrected chi connectivity index (χ4v) is 1.98. The van der Waals surface area contributed by atoms with Gasteiger partial charge in [0.15, 0.2) is 0 Å². The molecule has 0 unspecified atom stereocenters. The van der Waals surface area contributed by atoms with Gasteiger partial charge in [0.05, 0.1) is 0 Å². The van der Waals surface area contributed by atoms with Crippen molar-refractivity contribution in [3.63, 3.8) is 0 Å². The van der Waals surface area contributed by atoms with Crippen molar-refractivity contribution in [1.82, 2.24) is 9.97 Å². The number of anilines is 1. The van der Waals surface area contributed by atoms with Crippen LogP contribution in [0.25, 0.3) is 0 Å². The fourth-order valence-electron chi connectivity index (χ4n) is 1.98. The first-order valence-corrected chi connectivity index (χ1v) is 7.16. The van der Waals surface area contributed by atoms with Gasteiger partial charge in [-0.15, -0.1) is 0 Å². The van der Waals surface area contributed by atoms with Crippen LogP contribution in [-0.4, -0.2) is 29.6 Å². The molecule has 1 heterocycles. The molecular formula is C15H28N4. The van der Waals surface area contributed by atoms with Crippen LogP contribution in [0, 0.1) is 5.41 Å². The van der Waals surface area contributed by atoms with E-state index in [-0.39, 0.29) is 5.41 Å². The minimum absolute atomic E-state index is 0.0954. The van der Waals surface area contributed by atoms with Crippen LogP contribution in [0.4, 0.5) is 5.82 Å². The molecule has 1 aromatic rings. The lowest BCUT2D eigenvalue weighted by molar-refractivity contribution is 0.376. The van der Waals surface area contributed by atoms with E-state index in [2.05, 4.69) is 55.6 Å². The predicted molar refractivity (Wildman–Crippen MR) is 81.5 cm³/mol. The molecule has 4 heteroatoms. The first-order valence-electron chi connectivity index (χ1n) is 7.16. The molecule has 0 saturated heterocycles. The highest BCUT2D eigenvalue weighted by Gasteiger charge is 2.21. The van der Waals surface area contributed by atoms with Gasteiger partial charge in [-0.05, 0) is 24.3 Å². The summed E-state index contributed by atoms with van der Waals surface area (Å²) >= 11 is 0. The van der Waals surface area contributed by atoms with Crippen molar-refractivity contribution >= 4 is 5.82 Å². The van der Waals surface area contributed by atoms with Crippen molar-refractivity contribution in [3.05, 3.63) is 18.1 Å². The average Bonchev–Trinajstić information content (AvgIpc) is 2.38. The molecule has 0 fully saturated rings. The van der Waals surface area contributed by atoms with Gasteiger partial charge in [-0.25, -0.2) is 9.97 Å². The Morgan fingerprint density at radius 1 is 1.32 bits per heavy atom. The predicted octanol–water partition coefficient (Wildman–Crippen LogP) is 2.80. The van der Waals surface area contributed by atoms with Gasteiger partial charge < -0.3 is 10.6 Å². The van der Waals surface area contributed by atoms with Crippen molar-refractivity contribution in [2.24, 2.45) is 11.1 Å². The summed E-state index contributed by atoms with van der Waals surface area (Å²) in [5.74, 6) is 1.44. The minimum Gasteiger partial charge on any atom is -0.356 e. The summed E-state index contributed by atoms with van der Waals surface area (Å²) in [4.78, 5) is 11.1. The molecule has 2 N–H and O–H groups in total. The Bertz CT molecular complexity index is 387. The van der Waals surface area contributed by atoms with E-state index >= 15 is 0 Å². The Balaban J connectivity index is 2.95. The molecule has 0 spiro atoms. The largest absolute Gasteiger partial charge is 0.356 e. The third-order valence-corrected chi connectivity index (χ3v) is 3.25. The first-order chi connectivity index (χ1) is 8.89. The topological polar surface area (TPSA) is 55.0 Å². The van der Waals surface area contributed by atoms with Crippen LogP contribution < -0.4 is 10.6 Å². The SMILES string of the molecule is CCCN(CC(C)(C)CN)c1cc(C(C)C)ncn1. The van der Waals surface area contributed by atoms with Crippen molar-refractivity contribution in [2.75, 3.05) is 24.5 Å². The normalized spacial score (nSPS) is 11.9. The second kappa shape index (κ2) is 6.85. The molecule has 0 bridgehead atoms. The highest BCUT2D eigenvalue weighted by molar-refractivity contribution is 5.39. The zero-order valence-corrected chi connectivity index (χ0v) is 13.0. The third kappa shape index (κ3) is 4.78. The molecule has 0 aromatic carbocycles. The average molecular weight is 264 g/mol. The Morgan fingerprint density at radius 2 is 2.00 bits per heavy atom. The van der Waals surface area contributed by atoms with Crippen LogP contribution in [-0.2, 0) is 0 Å². The molecule has 1 rings (SSSR count). The Morgan fingerprint density at radius 3 is 2.53 bits per heavy atom. The van der Waals surface area contributed by atoms with E-state index in [9.17, 15) is 0 Å². The Hall–Kier alpha value is -1.16. The zero-order valence-electron chi connectivity index (χ0n) is 13.0. The number of aromatic nitrogens is 2. The lowest BCUT2D eigenvalue weighted by atomic mass is 9.93. The number of hydrogen-bond donors (Lipinski definition) is 1. The van der Waals surface area contributed by atoms with Crippen LogP contribution in [0.2, 0.25) is 0 Å². The second-order valence-corrected chi connectivity index (χ2v) is 6.25. The first kappa shape index (κ1) is 15.9. The summed E-state index contributed by atoms with van der Waals surface area (Å²) in [5.41, 5.74) is 7.04. The van der Waals surface area contributed by atoms with E-state index in [0.717, 1.165) is 31.0 Å². The van der Waals surface area contributed by atoms with Crippen molar-refractivity contribution in [2.45, 2.75) is 47.0 Å². The molecular weight excluding hydrogens is 236 g/mol. The van der Waals surface area contributed by atoms with Crippen molar-refractivity contribution in [1.29, 1.82) is 0 Å². The van der Waals surface area contributed by atoms with E-state index in [1.165, 1.54) is 0 Å². The van der Waals surface area contributed by atoms with Gasteiger partial charge in [-0.2, -0.15) is 0 Å². The van der Waals surface area contributed by atoms with Crippen LogP contribution in [0.15, 0.2) is 12.4 Å². The molecule has 0 aliphatic rings. The number of nitrogens with zero attached hydrogens (tertiary/aromatic N) is 3. The maximum atomic E-state index is 5.85. The van der Waals surface area contributed by atoms with E-state index in [0.29, 0.717) is 12.5 Å². The number of rotatable bonds is 7. The monoisotopic (exact) mass is 264 g/mol. The van der Waals surface area contributed by atoms with Crippen LogP contribution in [0.5, 0.6) is 0 Å². The summed E-state index contributed by atoms with van der Waals surface area (Å²) in [5, 5.41) is 0. The highest BCUT2D eigenvalue weighted by Crippen LogP contribution is 2.22. The summed E-state index contributed by atoms with van der Waals surface area (Å²) in [6, 6.07) is 2.10. The Kier molecular flexibility index (Phi) is 5.73. The standard InChI is InChI=1S/C15H28N4/c1-6-7-19(10-15(4,5)9-16)14-8-13(12(2)3)17-11-18-14/h8,11-12H,6-7,9-10,16H2,1-5H3. The van der Waals surface area contributed by atoms with Gasteiger partial charge >= 0.3 is 0 Å². The number of hydrogen-bond acceptors (Lipinski definition) is 4. The van der Waals surface area contributed by atoms with Gasteiger partial charge in [0, 0.05) is 24.8 Å². The Labute approximate surface area is 117 Å². The lowest BCUT2D eigenvalue weighted by Crippen LogP contribution is -2.39. The van der Waals surface area contributed by atoms with E-state index in [1.807, 2.05) is 0 Å². The molecule has 1 aromatic heterocycles. The van der Waals surface area contributed by atoms with Gasteiger partial charge in [0.25, 0.3) is 0 Å². The lowest BCUT2D eigenvalue weighted by Gasteiger charge is -2.32. The van der Waals surface area contributed by atoms with Crippen LogP contribution >= 0.6 is 0 Å². The molecule has 0 aliphatic heterocycles. The van der Waals surface area contributed by atoms with Crippen molar-refractivity contribution in [3.8, 4) is 0 Å². The highest BCUT2D eigenvalue weighted by atomic mass is 15.2. The summed E-state index contributed by atoms with van der Waals surface area (Å²) in [6.07, 6.45) is 2.77. The molecule has 0 radical (unpaired) electrons. The van der Waals surface area contributed by atoms with Gasteiger partial charge in [0.1, 0.15) is 12.1 Å². The zero-order chi connectivity index (χ0) is 14.5. The fraction of sp³-hybridized carbons (Fsp3) is 0.733. The maximum Gasteiger partial charge on any atom is 0.132 e. The second-order valence-electron chi connectivity index (χ2n) is 6.25. The molecule has 4 nitrogen and oxygen atoms in total. The van der Waals surface area contributed by atoms with Gasteiger partial charge in [0.2, 0.25) is 0 Å². The smallest absolute Gasteiger partial charge is 0.132 e. The molecule has 0 saturated carbocycles. The van der Waals surface area contributed by atoms with Crippen LogP contribution in [0.1, 0.15) is 52.7 Å². The van der Waals surface area contributed by atoms with Crippen molar-refractivity contribution < 1.29 is 0 Å². The number of nitrogens with two attached hydrogens (primary N) is 1. The summed E-state index contributed by atoms with van der Waals surface area (Å²) < 4.78 is 0. The molecule has 0 aliphatic carbocycles. The quantitative estimate of drug-likeness (QED) is 0.823. The van der Waals surface area contributed by atoms with E-state index in [4.69, 9.17) is 5.73 Å². The van der Waals surface area contributed by atoms with E-state index < -0.39 is 0 Å². The maximum absolute atomic E-state index is 5.85.